The molecule has 0 amide bonds. The number of nitrogens with zero attached hydrogens (tertiary/aromatic N) is 1. The van der Waals surface area contributed by atoms with Crippen LogP contribution in [-0.2, 0) is 0 Å². The van der Waals surface area contributed by atoms with Gasteiger partial charge >= 0.3 is 0 Å². The minimum Gasteiger partial charge on any atom is -0.345 e. The first-order chi connectivity index (χ1) is 5.24. The van der Waals surface area contributed by atoms with Crippen molar-refractivity contribution in [3.8, 4) is 0 Å². The van der Waals surface area contributed by atoms with Crippen molar-refractivity contribution < 1.29 is 0 Å². The third kappa shape index (κ3) is 1.80. The van der Waals surface area contributed by atoms with Crippen LogP contribution in [0.5, 0.6) is 0 Å². The molecule has 0 bridgehead atoms. The number of nitrogens with one attached hydrogen (secondary N) is 1. The SMILES string of the molecule is C=Cc1nc[nH]c1C=C(C)C. The predicted octanol–water partition coefficient (Wildman–Crippen LogP) is 2.48. The van der Waals surface area contributed by atoms with Crippen molar-refractivity contribution >= 4 is 12.2 Å². The van der Waals surface area contributed by atoms with Gasteiger partial charge in [0.05, 0.1) is 17.7 Å². The summed E-state index contributed by atoms with van der Waals surface area (Å²) in [7, 11) is 0. The summed E-state index contributed by atoms with van der Waals surface area (Å²) in [5.74, 6) is 0. The van der Waals surface area contributed by atoms with Crippen LogP contribution in [0, 0.1) is 0 Å². The average molecular weight is 148 g/mol. The number of hydrogen-bond donors (Lipinski definition) is 1. The van der Waals surface area contributed by atoms with Crippen LogP contribution in [0.2, 0.25) is 0 Å². The van der Waals surface area contributed by atoms with E-state index in [0.29, 0.717) is 0 Å². The molecular weight excluding hydrogens is 136 g/mol. The van der Waals surface area contributed by atoms with Gasteiger partial charge in [0.15, 0.2) is 0 Å². The van der Waals surface area contributed by atoms with Crippen LogP contribution < -0.4 is 0 Å². The smallest absolute Gasteiger partial charge is 0.0931 e. The summed E-state index contributed by atoms with van der Waals surface area (Å²) in [6.07, 6.45) is 5.46. The molecule has 2 heteroatoms. The van der Waals surface area contributed by atoms with Gasteiger partial charge in [0.1, 0.15) is 0 Å². The maximum absolute atomic E-state index is 4.07. The quantitative estimate of drug-likeness (QED) is 0.685. The first-order valence-electron chi connectivity index (χ1n) is 3.54. The number of hydrogen-bond acceptors (Lipinski definition) is 1. The second-order valence-electron chi connectivity index (χ2n) is 2.63. The predicted molar refractivity (Wildman–Crippen MR) is 48.0 cm³/mol. The van der Waals surface area contributed by atoms with E-state index in [9.17, 15) is 0 Å². The Hall–Kier alpha value is -1.31. The molecule has 11 heavy (non-hydrogen) atoms. The molecule has 1 aromatic heterocycles. The van der Waals surface area contributed by atoms with Gasteiger partial charge in [-0.3, -0.25) is 0 Å². The lowest BCUT2D eigenvalue weighted by Gasteiger charge is -1.90. The van der Waals surface area contributed by atoms with Crippen LogP contribution in [0.15, 0.2) is 18.5 Å². The fraction of sp³-hybridized carbons (Fsp3) is 0.222. The van der Waals surface area contributed by atoms with E-state index in [1.807, 2.05) is 19.9 Å². The van der Waals surface area contributed by atoms with Crippen molar-refractivity contribution in [2.45, 2.75) is 13.8 Å². The van der Waals surface area contributed by atoms with Gasteiger partial charge in [-0.15, -0.1) is 0 Å². The highest BCUT2D eigenvalue weighted by atomic mass is 14.9. The van der Waals surface area contributed by atoms with Crippen LogP contribution in [0.1, 0.15) is 25.2 Å². The topological polar surface area (TPSA) is 28.7 Å². The van der Waals surface area contributed by atoms with Gasteiger partial charge < -0.3 is 4.98 Å². The van der Waals surface area contributed by atoms with Crippen molar-refractivity contribution in [1.29, 1.82) is 0 Å². The van der Waals surface area contributed by atoms with Crippen molar-refractivity contribution in [3.63, 3.8) is 0 Å². The highest BCUT2D eigenvalue weighted by Gasteiger charge is 1.96. The number of aromatic amines is 1. The number of imidazole rings is 1. The zero-order valence-corrected chi connectivity index (χ0v) is 6.89. The second-order valence-corrected chi connectivity index (χ2v) is 2.63. The molecule has 58 valence electrons. The fourth-order valence-corrected chi connectivity index (χ4v) is 0.882. The summed E-state index contributed by atoms with van der Waals surface area (Å²) in [6.45, 7) is 7.76. The Morgan fingerprint density at radius 3 is 2.91 bits per heavy atom. The molecule has 1 N–H and O–H groups in total. The standard InChI is InChI=1S/C9H12N2/c1-4-8-9(5-7(2)3)11-6-10-8/h4-6H,1H2,2-3H3,(H,10,11). The fourth-order valence-electron chi connectivity index (χ4n) is 0.882. The Bertz CT molecular complexity index is 278. The van der Waals surface area contributed by atoms with Crippen LogP contribution in [0.4, 0.5) is 0 Å². The van der Waals surface area contributed by atoms with Crippen molar-refractivity contribution in [1.82, 2.24) is 9.97 Å². The van der Waals surface area contributed by atoms with E-state index in [1.165, 1.54) is 5.57 Å². The molecule has 0 aliphatic rings. The van der Waals surface area contributed by atoms with E-state index in [2.05, 4.69) is 16.5 Å². The molecule has 0 atom stereocenters. The minimum atomic E-state index is 0.909. The summed E-state index contributed by atoms with van der Waals surface area (Å²) in [6, 6.07) is 0. The molecule has 1 aromatic rings. The van der Waals surface area contributed by atoms with Crippen LogP contribution in [0.3, 0.4) is 0 Å². The molecule has 0 aromatic carbocycles. The lowest BCUT2D eigenvalue weighted by molar-refractivity contribution is 1.30. The van der Waals surface area contributed by atoms with E-state index in [-0.39, 0.29) is 0 Å². The molecule has 0 radical (unpaired) electrons. The maximum atomic E-state index is 4.07. The summed E-state index contributed by atoms with van der Waals surface area (Å²) >= 11 is 0. The minimum absolute atomic E-state index is 0.909. The first-order valence-corrected chi connectivity index (χ1v) is 3.54. The van der Waals surface area contributed by atoms with Gasteiger partial charge in [-0.2, -0.15) is 0 Å². The molecule has 0 unspecified atom stereocenters. The first kappa shape index (κ1) is 7.79. The van der Waals surface area contributed by atoms with E-state index >= 15 is 0 Å². The van der Waals surface area contributed by atoms with Crippen LogP contribution in [0.25, 0.3) is 12.2 Å². The van der Waals surface area contributed by atoms with Crippen LogP contribution >= 0.6 is 0 Å². The Morgan fingerprint density at radius 2 is 2.36 bits per heavy atom. The monoisotopic (exact) mass is 148 g/mol. The summed E-state index contributed by atoms with van der Waals surface area (Å²) in [5, 5.41) is 0. The second kappa shape index (κ2) is 3.19. The zero-order chi connectivity index (χ0) is 8.27. The molecule has 2 nitrogen and oxygen atoms in total. The van der Waals surface area contributed by atoms with E-state index in [0.717, 1.165) is 11.4 Å². The number of rotatable bonds is 2. The molecule has 1 heterocycles. The van der Waals surface area contributed by atoms with Gasteiger partial charge in [0.2, 0.25) is 0 Å². The number of allylic oxidation sites excluding steroid dienone is 1. The Balaban J connectivity index is 3.03. The molecule has 0 spiro atoms. The Morgan fingerprint density at radius 1 is 1.64 bits per heavy atom. The van der Waals surface area contributed by atoms with Crippen molar-refractivity contribution in [2.24, 2.45) is 0 Å². The summed E-state index contributed by atoms with van der Waals surface area (Å²) in [4.78, 5) is 7.10. The lowest BCUT2D eigenvalue weighted by Crippen LogP contribution is -1.77. The van der Waals surface area contributed by atoms with E-state index < -0.39 is 0 Å². The van der Waals surface area contributed by atoms with E-state index in [4.69, 9.17) is 0 Å². The van der Waals surface area contributed by atoms with Gasteiger partial charge in [0, 0.05) is 0 Å². The van der Waals surface area contributed by atoms with Crippen LogP contribution in [-0.4, -0.2) is 9.97 Å². The molecule has 0 saturated heterocycles. The normalized spacial score (nSPS) is 9.27. The lowest BCUT2D eigenvalue weighted by atomic mass is 10.2. The summed E-state index contributed by atoms with van der Waals surface area (Å²) < 4.78 is 0. The Kier molecular flexibility index (Phi) is 2.26. The molecule has 1 rings (SSSR count). The molecule has 0 fully saturated rings. The van der Waals surface area contributed by atoms with E-state index in [1.54, 1.807) is 12.4 Å². The van der Waals surface area contributed by atoms with Gasteiger partial charge in [0.25, 0.3) is 0 Å². The molecule has 0 aliphatic heterocycles. The van der Waals surface area contributed by atoms with Gasteiger partial charge in [-0.25, -0.2) is 4.98 Å². The van der Waals surface area contributed by atoms with Crippen molar-refractivity contribution in [3.05, 3.63) is 29.9 Å². The van der Waals surface area contributed by atoms with Crippen molar-refractivity contribution in [2.75, 3.05) is 0 Å². The molecular formula is C9H12N2. The highest BCUT2D eigenvalue weighted by molar-refractivity contribution is 5.59. The zero-order valence-electron chi connectivity index (χ0n) is 6.89. The third-order valence-electron chi connectivity index (χ3n) is 1.33. The number of H-pyrrole nitrogens is 1. The van der Waals surface area contributed by atoms with Gasteiger partial charge in [-0.1, -0.05) is 12.2 Å². The third-order valence-corrected chi connectivity index (χ3v) is 1.33. The average Bonchev–Trinajstić information content (AvgIpc) is 2.34. The largest absolute Gasteiger partial charge is 0.345 e. The number of aromatic nitrogens is 2. The van der Waals surface area contributed by atoms with Gasteiger partial charge in [-0.05, 0) is 26.0 Å². The molecule has 0 saturated carbocycles. The highest BCUT2D eigenvalue weighted by Crippen LogP contribution is 2.08. The maximum Gasteiger partial charge on any atom is 0.0931 e. The summed E-state index contributed by atoms with van der Waals surface area (Å²) in [5.41, 5.74) is 3.18. The Labute approximate surface area is 66.7 Å². The molecule has 0 aliphatic carbocycles.